The average molecular weight is 311 g/mol. The van der Waals surface area contributed by atoms with Gasteiger partial charge in [0.15, 0.2) is 6.10 Å². The summed E-state index contributed by atoms with van der Waals surface area (Å²) in [7, 11) is 0. The molecule has 0 aliphatic heterocycles. The molecule has 0 aliphatic carbocycles. The lowest BCUT2D eigenvalue weighted by Gasteiger charge is -2.19. The molecule has 3 nitrogen and oxygen atoms in total. The van der Waals surface area contributed by atoms with E-state index in [-0.39, 0.29) is 17.1 Å². The molecule has 0 radical (unpaired) electrons. The number of nitrogens with one attached hydrogen (secondary N) is 1. The molecule has 0 saturated carbocycles. The van der Waals surface area contributed by atoms with Crippen molar-refractivity contribution in [1.82, 2.24) is 0 Å². The number of nitrogens with two attached hydrogens (primary N) is 1. The number of ether oxygens (including phenoxy) is 1. The molecule has 0 bridgehead atoms. The zero-order valence-electron chi connectivity index (χ0n) is 8.81. The summed E-state index contributed by atoms with van der Waals surface area (Å²) in [6, 6.07) is 4.29. The Balaban J connectivity index is 3.03. The molecular formula is C10H10BrF3N2O. The summed E-state index contributed by atoms with van der Waals surface area (Å²) in [5.74, 6) is -0.416. The van der Waals surface area contributed by atoms with Crippen LogP contribution >= 0.6 is 15.9 Å². The predicted octanol–water partition coefficient (Wildman–Crippen LogP) is 3.06. The van der Waals surface area contributed by atoms with Crippen molar-refractivity contribution < 1.29 is 17.9 Å². The van der Waals surface area contributed by atoms with E-state index in [4.69, 9.17) is 15.9 Å². The molecule has 0 heterocycles. The van der Waals surface area contributed by atoms with Crippen molar-refractivity contribution in [2.24, 2.45) is 5.73 Å². The molecule has 0 fully saturated rings. The summed E-state index contributed by atoms with van der Waals surface area (Å²) in [4.78, 5) is 0. The molecule has 0 saturated heterocycles. The molecule has 1 aromatic rings. The molecule has 1 unspecified atom stereocenters. The molecule has 0 amide bonds. The lowest BCUT2D eigenvalue weighted by molar-refractivity contribution is -0.189. The number of alkyl halides is 3. The van der Waals surface area contributed by atoms with Gasteiger partial charge in [0.1, 0.15) is 11.6 Å². The Bertz CT molecular complexity index is 434. The van der Waals surface area contributed by atoms with Crippen LogP contribution in [0.4, 0.5) is 13.2 Å². The van der Waals surface area contributed by atoms with Crippen molar-refractivity contribution in [2.45, 2.75) is 19.2 Å². The van der Waals surface area contributed by atoms with Crippen molar-refractivity contribution in [1.29, 1.82) is 5.41 Å². The maximum atomic E-state index is 12.3. The first kappa shape index (κ1) is 13.8. The van der Waals surface area contributed by atoms with Crippen LogP contribution in [0.5, 0.6) is 5.75 Å². The van der Waals surface area contributed by atoms with Crippen LogP contribution in [-0.4, -0.2) is 18.1 Å². The largest absolute Gasteiger partial charge is 0.480 e. The van der Waals surface area contributed by atoms with Crippen molar-refractivity contribution in [3.05, 3.63) is 28.2 Å². The first-order chi connectivity index (χ1) is 7.71. The van der Waals surface area contributed by atoms with Gasteiger partial charge >= 0.3 is 6.18 Å². The third-order valence-corrected chi connectivity index (χ3v) is 2.49. The Morgan fingerprint density at radius 1 is 1.47 bits per heavy atom. The lowest BCUT2D eigenvalue weighted by atomic mass is 10.2. The molecule has 1 atom stereocenters. The minimum atomic E-state index is -4.46. The molecular weight excluding hydrogens is 301 g/mol. The van der Waals surface area contributed by atoms with Gasteiger partial charge < -0.3 is 10.5 Å². The van der Waals surface area contributed by atoms with Crippen LogP contribution in [0.25, 0.3) is 0 Å². The van der Waals surface area contributed by atoms with E-state index in [1.54, 1.807) is 0 Å². The summed E-state index contributed by atoms with van der Waals surface area (Å²) in [5.41, 5.74) is 5.39. The SMILES string of the molecule is CC(Oc1ccc(Br)cc1C(=N)N)C(F)(F)F. The minimum absolute atomic E-state index is 0.0643. The van der Waals surface area contributed by atoms with Crippen LogP contribution in [0, 0.1) is 5.41 Å². The highest BCUT2D eigenvalue weighted by Gasteiger charge is 2.38. The van der Waals surface area contributed by atoms with Crippen LogP contribution in [0.1, 0.15) is 12.5 Å². The first-order valence-electron chi connectivity index (χ1n) is 4.59. The maximum Gasteiger partial charge on any atom is 0.425 e. The molecule has 17 heavy (non-hydrogen) atoms. The van der Waals surface area contributed by atoms with Gasteiger partial charge in [0.25, 0.3) is 0 Å². The van der Waals surface area contributed by atoms with E-state index >= 15 is 0 Å². The van der Waals surface area contributed by atoms with Gasteiger partial charge in [-0.2, -0.15) is 13.2 Å². The van der Waals surface area contributed by atoms with Gasteiger partial charge in [-0.25, -0.2) is 0 Å². The predicted molar refractivity (Wildman–Crippen MR) is 61.3 cm³/mol. The van der Waals surface area contributed by atoms with Crippen LogP contribution in [0.2, 0.25) is 0 Å². The van der Waals surface area contributed by atoms with Gasteiger partial charge in [-0.05, 0) is 25.1 Å². The van der Waals surface area contributed by atoms with Crippen molar-refractivity contribution >= 4 is 21.8 Å². The molecule has 94 valence electrons. The molecule has 3 N–H and O–H groups in total. The fourth-order valence-corrected chi connectivity index (χ4v) is 1.43. The standard InChI is InChI=1S/C10H10BrF3N2O/c1-5(10(12,13)14)17-8-3-2-6(11)4-7(8)9(15)16/h2-5H,1H3,(H3,15,16). The smallest absolute Gasteiger partial charge is 0.425 e. The van der Waals surface area contributed by atoms with E-state index in [2.05, 4.69) is 15.9 Å². The molecule has 7 heteroatoms. The van der Waals surface area contributed by atoms with Crippen molar-refractivity contribution in [3.63, 3.8) is 0 Å². The monoisotopic (exact) mass is 310 g/mol. The van der Waals surface area contributed by atoms with E-state index in [1.807, 2.05) is 0 Å². The zero-order chi connectivity index (χ0) is 13.2. The second kappa shape index (κ2) is 4.95. The number of hydrogen-bond donors (Lipinski definition) is 2. The highest BCUT2D eigenvalue weighted by Crippen LogP contribution is 2.28. The Kier molecular flexibility index (Phi) is 4.03. The molecule has 0 aliphatic rings. The lowest BCUT2D eigenvalue weighted by Crippen LogP contribution is -2.32. The van der Waals surface area contributed by atoms with E-state index < -0.39 is 12.3 Å². The van der Waals surface area contributed by atoms with Crippen LogP contribution in [0.15, 0.2) is 22.7 Å². The molecule has 1 aromatic carbocycles. The summed E-state index contributed by atoms with van der Waals surface area (Å²) < 4.78 is 42.3. The van der Waals surface area contributed by atoms with Crippen LogP contribution in [0.3, 0.4) is 0 Å². The second-order valence-corrected chi connectivity index (χ2v) is 4.27. The van der Waals surface area contributed by atoms with E-state index in [1.165, 1.54) is 18.2 Å². The Morgan fingerprint density at radius 2 is 2.06 bits per heavy atom. The third-order valence-electron chi connectivity index (χ3n) is 2.00. The quantitative estimate of drug-likeness (QED) is 0.666. The van der Waals surface area contributed by atoms with Gasteiger partial charge in [-0.1, -0.05) is 15.9 Å². The van der Waals surface area contributed by atoms with E-state index in [9.17, 15) is 13.2 Å². The van der Waals surface area contributed by atoms with E-state index in [0.29, 0.717) is 4.47 Å². The fourth-order valence-electron chi connectivity index (χ4n) is 1.07. The van der Waals surface area contributed by atoms with Crippen LogP contribution in [-0.2, 0) is 0 Å². The van der Waals surface area contributed by atoms with E-state index in [0.717, 1.165) is 6.92 Å². The minimum Gasteiger partial charge on any atom is -0.480 e. The number of hydrogen-bond acceptors (Lipinski definition) is 2. The van der Waals surface area contributed by atoms with Crippen molar-refractivity contribution in [2.75, 3.05) is 0 Å². The van der Waals surface area contributed by atoms with Gasteiger partial charge in [-0.15, -0.1) is 0 Å². The number of nitrogen functional groups attached to an aromatic ring is 1. The number of amidine groups is 1. The summed E-state index contributed by atoms with van der Waals surface area (Å²) in [5, 5.41) is 7.27. The molecule has 1 rings (SSSR count). The summed E-state index contributed by atoms with van der Waals surface area (Å²) in [6.07, 6.45) is -6.41. The fraction of sp³-hybridized carbons (Fsp3) is 0.300. The second-order valence-electron chi connectivity index (χ2n) is 3.36. The summed E-state index contributed by atoms with van der Waals surface area (Å²) >= 11 is 3.14. The normalized spacial score (nSPS) is 13.2. The van der Waals surface area contributed by atoms with Gasteiger partial charge in [0.2, 0.25) is 0 Å². The van der Waals surface area contributed by atoms with Gasteiger partial charge in [0.05, 0.1) is 5.56 Å². The van der Waals surface area contributed by atoms with Crippen LogP contribution < -0.4 is 10.5 Å². The van der Waals surface area contributed by atoms with Gasteiger partial charge in [-0.3, -0.25) is 5.41 Å². The third kappa shape index (κ3) is 3.62. The topological polar surface area (TPSA) is 59.1 Å². The number of benzene rings is 1. The number of rotatable bonds is 3. The Hall–Kier alpha value is -1.24. The highest BCUT2D eigenvalue weighted by atomic mass is 79.9. The number of halogens is 4. The first-order valence-corrected chi connectivity index (χ1v) is 5.38. The maximum absolute atomic E-state index is 12.3. The Labute approximate surface area is 104 Å². The molecule has 0 aromatic heterocycles. The van der Waals surface area contributed by atoms with Gasteiger partial charge in [0, 0.05) is 4.47 Å². The summed E-state index contributed by atoms with van der Waals surface area (Å²) in [6.45, 7) is 0.895. The Morgan fingerprint density at radius 3 is 2.53 bits per heavy atom. The zero-order valence-corrected chi connectivity index (χ0v) is 10.4. The average Bonchev–Trinajstić information content (AvgIpc) is 2.18. The molecule has 0 spiro atoms. The van der Waals surface area contributed by atoms with Crippen molar-refractivity contribution in [3.8, 4) is 5.75 Å². The highest BCUT2D eigenvalue weighted by molar-refractivity contribution is 9.10.